The van der Waals surface area contributed by atoms with E-state index in [1.54, 1.807) is 24.3 Å². The minimum Gasteiger partial charge on any atom is -0.493 e. The summed E-state index contributed by atoms with van der Waals surface area (Å²) < 4.78 is 12.0. The van der Waals surface area contributed by atoms with Gasteiger partial charge in [0.1, 0.15) is 17.1 Å². The summed E-state index contributed by atoms with van der Waals surface area (Å²) in [5, 5.41) is 1.19. The van der Waals surface area contributed by atoms with Crippen LogP contribution in [0.1, 0.15) is 18.4 Å². The van der Waals surface area contributed by atoms with Crippen molar-refractivity contribution in [3.8, 4) is 17.1 Å². The molecule has 4 aromatic rings. The van der Waals surface area contributed by atoms with Crippen molar-refractivity contribution in [3.63, 3.8) is 0 Å². The molecule has 0 radical (unpaired) electrons. The highest BCUT2D eigenvalue weighted by molar-refractivity contribution is 6.30. The van der Waals surface area contributed by atoms with Gasteiger partial charge in [0, 0.05) is 54.6 Å². The molecule has 6 heteroatoms. The summed E-state index contributed by atoms with van der Waals surface area (Å²) in [4.78, 5) is 17.6. The first-order valence-corrected chi connectivity index (χ1v) is 12.9. The van der Waals surface area contributed by atoms with Gasteiger partial charge in [-0.15, -0.1) is 0 Å². The molecule has 0 bridgehead atoms. The third-order valence-corrected chi connectivity index (χ3v) is 7.05. The molecule has 0 saturated carbocycles. The number of aryl methyl sites for hydroxylation is 1. The highest BCUT2D eigenvalue weighted by atomic mass is 35.5. The standard InChI is InChI=1S/C30H31ClN2O3/c1-22-6-2-3-7-27(22)33-17-15-32(16-18-33)14-4-5-19-35-25-12-13-26-28(34)21-29(36-30(26)20-25)23-8-10-24(31)11-9-23/h2-3,6-13,20-21H,4-5,14-19H2,1H3. The molecule has 1 aliphatic heterocycles. The predicted octanol–water partition coefficient (Wildman–Crippen LogP) is 6.40. The highest BCUT2D eigenvalue weighted by Crippen LogP contribution is 2.26. The number of para-hydroxylation sites is 1. The van der Waals surface area contributed by atoms with Crippen molar-refractivity contribution in [2.45, 2.75) is 19.8 Å². The van der Waals surface area contributed by atoms with Crippen LogP contribution in [0, 0.1) is 6.92 Å². The zero-order valence-corrected chi connectivity index (χ0v) is 21.3. The Hall–Kier alpha value is -3.28. The van der Waals surface area contributed by atoms with Gasteiger partial charge < -0.3 is 14.1 Å². The van der Waals surface area contributed by atoms with Crippen molar-refractivity contribution in [3.05, 3.63) is 93.6 Å². The maximum atomic E-state index is 12.6. The number of rotatable bonds is 8. The number of ether oxygens (including phenoxy) is 1. The Balaban J connectivity index is 1.11. The quantitative estimate of drug-likeness (QED) is 0.261. The second-order valence-electron chi connectivity index (χ2n) is 9.31. The third-order valence-electron chi connectivity index (χ3n) is 6.80. The molecule has 1 saturated heterocycles. The number of fused-ring (bicyclic) bond motifs is 1. The molecular formula is C30H31ClN2O3. The topological polar surface area (TPSA) is 45.9 Å². The fraction of sp³-hybridized carbons (Fsp3) is 0.300. The molecule has 1 fully saturated rings. The summed E-state index contributed by atoms with van der Waals surface area (Å²) in [7, 11) is 0. The first-order chi connectivity index (χ1) is 17.6. The molecule has 1 aromatic heterocycles. The lowest BCUT2D eigenvalue weighted by atomic mass is 10.1. The highest BCUT2D eigenvalue weighted by Gasteiger charge is 2.17. The van der Waals surface area contributed by atoms with E-state index in [0.29, 0.717) is 34.1 Å². The van der Waals surface area contributed by atoms with E-state index in [1.165, 1.54) is 17.3 Å². The minimum absolute atomic E-state index is 0.0738. The van der Waals surface area contributed by atoms with Crippen LogP contribution in [0.3, 0.4) is 0 Å². The molecular weight excluding hydrogens is 472 g/mol. The van der Waals surface area contributed by atoms with Crippen LogP contribution in [0.4, 0.5) is 5.69 Å². The van der Waals surface area contributed by atoms with E-state index >= 15 is 0 Å². The van der Waals surface area contributed by atoms with Crippen LogP contribution in [-0.4, -0.2) is 44.2 Å². The Morgan fingerprint density at radius 1 is 0.917 bits per heavy atom. The van der Waals surface area contributed by atoms with Gasteiger partial charge >= 0.3 is 0 Å². The van der Waals surface area contributed by atoms with Crippen LogP contribution in [0.5, 0.6) is 5.75 Å². The Morgan fingerprint density at radius 3 is 2.47 bits per heavy atom. The van der Waals surface area contributed by atoms with Crippen LogP contribution >= 0.6 is 11.6 Å². The number of halogens is 1. The Labute approximate surface area is 216 Å². The molecule has 2 heterocycles. The van der Waals surface area contributed by atoms with E-state index in [2.05, 4.69) is 41.0 Å². The largest absolute Gasteiger partial charge is 0.493 e. The molecule has 0 spiro atoms. The van der Waals surface area contributed by atoms with Crippen LogP contribution in [0.15, 0.2) is 82.0 Å². The lowest BCUT2D eigenvalue weighted by molar-refractivity contribution is 0.238. The van der Waals surface area contributed by atoms with Gasteiger partial charge in [0.2, 0.25) is 0 Å². The van der Waals surface area contributed by atoms with Crippen LogP contribution < -0.4 is 15.1 Å². The van der Waals surface area contributed by atoms with Crippen LogP contribution in [0.25, 0.3) is 22.3 Å². The zero-order valence-electron chi connectivity index (χ0n) is 20.6. The SMILES string of the molecule is Cc1ccccc1N1CCN(CCCCOc2ccc3c(=O)cc(-c4ccc(Cl)cc4)oc3c2)CC1. The average molecular weight is 503 g/mol. The van der Waals surface area contributed by atoms with Crippen molar-refractivity contribution in [2.24, 2.45) is 0 Å². The van der Waals surface area contributed by atoms with Gasteiger partial charge in [-0.05, 0) is 74.3 Å². The van der Waals surface area contributed by atoms with Crippen molar-refractivity contribution in [1.29, 1.82) is 0 Å². The molecule has 0 amide bonds. The summed E-state index contributed by atoms with van der Waals surface area (Å²) in [6, 6.07) is 22.8. The Morgan fingerprint density at radius 2 is 1.69 bits per heavy atom. The van der Waals surface area contributed by atoms with Gasteiger partial charge in [0.15, 0.2) is 5.43 Å². The van der Waals surface area contributed by atoms with Gasteiger partial charge in [-0.25, -0.2) is 0 Å². The Kier molecular flexibility index (Phi) is 7.59. The Bertz CT molecular complexity index is 1380. The van der Waals surface area contributed by atoms with Gasteiger partial charge in [-0.1, -0.05) is 29.8 Å². The van der Waals surface area contributed by atoms with E-state index in [-0.39, 0.29) is 5.43 Å². The molecule has 0 unspecified atom stereocenters. The number of hydrogen-bond donors (Lipinski definition) is 0. The van der Waals surface area contributed by atoms with Gasteiger partial charge in [0.25, 0.3) is 0 Å². The number of anilines is 1. The number of benzene rings is 3. The number of hydrogen-bond acceptors (Lipinski definition) is 5. The lowest BCUT2D eigenvalue weighted by Gasteiger charge is -2.36. The summed E-state index contributed by atoms with van der Waals surface area (Å²) in [5.41, 5.74) is 3.96. The number of unbranched alkanes of at least 4 members (excludes halogenated alkanes) is 1. The fourth-order valence-electron chi connectivity index (χ4n) is 4.74. The smallest absolute Gasteiger partial charge is 0.193 e. The first kappa shape index (κ1) is 24.4. The molecule has 3 aromatic carbocycles. The van der Waals surface area contributed by atoms with Crippen molar-refractivity contribution < 1.29 is 9.15 Å². The summed E-state index contributed by atoms with van der Waals surface area (Å²) >= 11 is 5.98. The van der Waals surface area contributed by atoms with E-state index in [0.717, 1.165) is 51.1 Å². The molecule has 186 valence electrons. The van der Waals surface area contributed by atoms with E-state index in [4.69, 9.17) is 20.8 Å². The second-order valence-corrected chi connectivity index (χ2v) is 9.75. The van der Waals surface area contributed by atoms with Gasteiger partial charge in [0.05, 0.1) is 12.0 Å². The second kappa shape index (κ2) is 11.2. The molecule has 0 aliphatic carbocycles. The molecule has 1 aliphatic rings. The van der Waals surface area contributed by atoms with Crippen molar-refractivity contribution >= 4 is 28.3 Å². The molecule has 5 nitrogen and oxygen atoms in total. The maximum absolute atomic E-state index is 12.6. The molecule has 0 N–H and O–H groups in total. The summed E-state index contributed by atoms with van der Waals surface area (Å²) in [6.07, 6.45) is 2.07. The average Bonchev–Trinajstić information content (AvgIpc) is 2.89. The number of nitrogens with zero attached hydrogens (tertiary/aromatic N) is 2. The summed E-state index contributed by atoms with van der Waals surface area (Å²) in [6.45, 7) is 8.23. The summed E-state index contributed by atoms with van der Waals surface area (Å²) in [5.74, 6) is 1.23. The van der Waals surface area contributed by atoms with Crippen LogP contribution in [-0.2, 0) is 0 Å². The maximum Gasteiger partial charge on any atom is 0.193 e. The normalized spacial score (nSPS) is 14.3. The third kappa shape index (κ3) is 5.75. The van der Waals surface area contributed by atoms with E-state index in [9.17, 15) is 4.79 Å². The first-order valence-electron chi connectivity index (χ1n) is 12.6. The number of piperazine rings is 1. The molecule has 5 rings (SSSR count). The van der Waals surface area contributed by atoms with Crippen LogP contribution in [0.2, 0.25) is 5.02 Å². The lowest BCUT2D eigenvalue weighted by Crippen LogP contribution is -2.46. The van der Waals surface area contributed by atoms with E-state index < -0.39 is 0 Å². The van der Waals surface area contributed by atoms with Crippen molar-refractivity contribution in [2.75, 3.05) is 44.2 Å². The molecule has 0 atom stereocenters. The van der Waals surface area contributed by atoms with Crippen molar-refractivity contribution in [1.82, 2.24) is 4.90 Å². The minimum atomic E-state index is -0.0738. The van der Waals surface area contributed by atoms with Gasteiger partial charge in [-0.3, -0.25) is 9.69 Å². The zero-order chi connectivity index (χ0) is 24.9. The van der Waals surface area contributed by atoms with E-state index in [1.807, 2.05) is 18.2 Å². The fourth-order valence-corrected chi connectivity index (χ4v) is 4.87. The monoisotopic (exact) mass is 502 g/mol. The molecule has 36 heavy (non-hydrogen) atoms. The predicted molar refractivity (Wildman–Crippen MR) is 147 cm³/mol. The van der Waals surface area contributed by atoms with Gasteiger partial charge in [-0.2, -0.15) is 0 Å².